The number of halogens is 1. The molecule has 1 rings (SSSR count). The maximum Gasteiger partial charge on any atom is 0 e. The van der Waals surface area contributed by atoms with E-state index in [0.717, 1.165) is 16.1 Å². The summed E-state index contributed by atoms with van der Waals surface area (Å²) >= 11 is 5.79. The zero-order valence-corrected chi connectivity index (χ0v) is 9.70. The molecule has 0 spiro atoms. The minimum atomic E-state index is 0. The van der Waals surface area contributed by atoms with Crippen molar-refractivity contribution in [3.8, 4) is 0 Å². The van der Waals surface area contributed by atoms with E-state index in [2.05, 4.69) is 6.07 Å². The molecule has 0 fully saturated rings. The van der Waals surface area contributed by atoms with Crippen molar-refractivity contribution in [1.29, 1.82) is 0 Å². The molecule has 10 heavy (non-hydrogen) atoms. The van der Waals surface area contributed by atoms with Crippen molar-refractivity contribution in [2.75, 3.05) is 0 Å². The van der Waals surface area contributed by atoms with Crippen molar-refractivity contribution in [3.63, 3.8) is 0 Å². The van der Waals surface area contributed by atoms with Gasteiger partial charge in [0.2, 0.25) is 0 Å². The molecule has 0 saturated heterocycles. The van der Waals surface area contributed by atoms with Crippen molar-refractivity contribution in [2.45, 2.75) is 13.8 Å². The molecule has 0 N–H and O–H groups in total. The minimum absolute atomic E-state index is 0. The van der Waals surface area contributed by atoms with Crippen LogP contribution in [0.2, 0.25) is 5.02 Å². The molecule has 0 aromatic heterocycles. The second-order valence-corrected chi connectivity index (χ2v) is 2.55. The van der Waals surface area contributed by atoms with Crippen LogP contribution in [0.5, 0.6) is 0 Å². The molecule has 0 amide bonds. The number of rotatable bonds is 0. The van der Waals surface area contributed by atoms with Gasteiger partial charge in [-0.15, -0.1) is 23.2 Å². The fraction of sp³-hybridized carbons (Fsp3) is 0.250. The molecule has 0 saturated carbocycles. The Morgan fingerprint density at radius 2 is 2.00 bits per heavy atom. The van der Waals surface area contributed by atoms with Crippen molar-refractivity contribution >= 4 is 11.6 Å². The fourth-order valence-electron chi connectivity index (χ4n) is 0.637. The molecular formula is C8H8ClY-. The first-order valence-corrected chi connectivity index (χ1v) is 3.22. The van der Waals surface area contributed by atoms with Crippen molar-refractivity contribution in [3.05, 3.63) is 34.3 Å². The van der Waals surface area contributed by atoms with Gasteiger partial charge < -0.3 is 0 Å². The summed E-state index contributed by atoms with van der Waals surface area (Å²) in [5.41, 5.74) is 2.17. The van der Waals surface area contributed by atoms with Crippen LogP contribution in [0.25, 0.3) is 0 Å². The van der Waals surface area contributed by atoms with Crippen molar-refractivity contribution in [2.24, 2.45) is 0 Å². The Morgan fingerprint density at radius 1 is 1.40 bits per heavy atom. The zero-order valence-electron chi connectivity index (χ0n) is 6.11. The molecule has 1 radical (unpaired) electrons. The summed E-state index contributed by atoms with van der Waals surface area (Å²) in [6.07, 6.45) is 0. The van der Waals surface area contributed by atoms with Gasteiger partial charge in [-0.1, -0.05) is 18.9 Å². The maximum atomic E-state index is 5.79. The van der Waals surface area contributed by atoms with Gasteiger partial charge in [-0.05, 0) is 0 Å². The Morgan fingerprint density at radius 3 is 2.40 bits per heavy atom. The van der Waals surface area contributed by atoms with Gasteiger partial charge in [-0.25, -0.2) is 0 Å². The summed E-state index contributed by atoms with van der Waals surface area (Å²) in [7, 11) is 0. The predicted molar refractivity (Wildman–Crippen MR) is 39.8 cm³/mol. The van der Waals surface area contributed by atoms with Crippen LogP contribution in [0, 0.1) is 19.9 Å². The average molecular weight is 229 g/mol. The molecule has 0 bridgehead atoms. The van der Waals surface area contributed by atoms with Gasteiger partial charge in [0.15, 0.2) is 0 Å². The SMILES string of the molecule is Cc1[c-]cc(C)c(Cl)c1.[Y]. The first-order valence-electron chi connectivity index (χ1n) is 2.84. The zero-order chi connectivity index (χ0) is 6.85. The minimum Gasteiger partial charge on any atom is -0.180 e. The van der Waals surface area contributed by atoms with E-state index in [1.807, 2.05) is 26.0 Å². The molecule has 0 nitrogen and oxygen atoms in total. The van der Waals surface area contributed by atoms with E-state index in [-0.39, 0.29) is 32.7 Å². The van der Waals surface area contributed by atoms with Crippen LogP contribution in [0.3, 0.4) is 0 Å². The van der Waals surface area contributed by atoms with Crippen LogP contribution < -0.4 is 0 Å². The van der Waals surface area contributed by atoms with Crippen LogP contribution in [0.4, 0.5) is 0 Å². The number of benzene rings is 1. The van der Waals surface area contributed by atoms with E-state index in [0.29, 0.717) is 0 Å². The molecule has 0 unspecified atom stereocenters. The number of hydrogen-bond acceptors (Lipinski definition) is 0. The Bertz CT molecular complexity index is 220. The Kier molecular flexibility index (Phi) is 4.76. The topological polar surface area (TPSA) is 0 Å². The first-order chi connectivity index (χ1) is 4.20. The largest absolute Gasteiger partial charge is 0.180 e. The van der Waals surface area contributed by atoms with Crippen LogP contribution in [-0.4, -0.2) is 0 Å². The van der Waals surface area contributed by atoms with Crippen molar-refractivity contribution < 1.29 is 32.7 Å². The van der Waals surface area contributed by atoms with E-state index in [1.165, 1.54) is 0 Å². The number of aryl methyl sites for hydroxylation is 2. The van der Waals surface area contributed by atoms with Gasteiger partial charge in [-0.2, -0.15) is 17.7 Å². The maximum absolute atomic E-state index is 5.79. The van der Waals surface area contributed by atoms with Gasteiger partial charge in [0.25, 0.3) is 0 Å². The van der Waals surface area contributed by atoms with E-state index in [4.69, 9.17) is 11.6 Å². The van der Waals surface area contributed by atoms with E-state index in [9.17, 15) is 0 Å². The predicted octanol–water partition coefficient (Wildman–Crippen LogP) is 2.75. The molecule has 0 aliphatic rings. The molecule has 51 valence electrons. The van der Waals surface area contributed by atoms with Crippen LogP contribution >= 0.6 is 11.6 Å². The molecule has 0 atom stereocenters. The quantitative estimate of drug-likeness (QED) is 0.599. The second kappa shape index (κ2) is 4.48. The molecule has 2 heteroatoms. The van der Waals surface area contributed by atoms with Gasteiger partial charge >= 0.3 is 0 Å². The Labute approximate surface area is 91.8 Å². The Balaban J connectivity index is 0.000000810. The molecule has 1 aromatic carbocycles. The summed E-state index contributed by atoms with van der Waals surface area (Å²) < 4.78 is 0. The van der Waals surface area contributed by atoms with Crippen LogP contribution in [0.15, 0.2) is 12.1 Å². The molecule has 0 aliphatic heterocycles. The molecular weight excluding hydrogens is 220 g/mol. The number of hydrogen-bond donors (Lipinski definition) is 0. The normalized spacial score (nSPS) is 8.70. The standard InChI is InChI=1S/C8H8Cl.Y/c1-6-3-4-7(2)8(9)5-6;/h4-5H,1-2H3;/q-1;. The second-order valence-electron chi connectivity index (χ2n) is 2.15. The molecule has 0 aliphatic carbocycles. The van der Waals surface area contributed by atoms with Gasteiger partial charge in [0.05, 0.1) is 0 Å². The van der Waals surface area contributed by atoms with Crippen molar-refractivity contribution in [1.82, 2.24) is 0 Å². The van der Waals surface area contributed by atoms with Gasteiger partial charge in [-0.3, -0.25) is 0 Å². The Hall–Kier alpha value is 0.614. The average Bonchev–Trinajstić information content (AvgIpc) is 1.80. The summed E-state index contributed by atoms with van der Waals surface area (Å²) in [6, 6.07) is 6.87. The third-order valence-electron chi connectivity index (χ3n) is 1.24. The van der Waals surface area contributed by atoms with Gasteiger partial charge in [0, 0.05) is 32.7 Å². The third-order valence-corrected chi connectivity index (χ3v) is 1.64. The summed E-state index contributed by atoms with van der Waals surface area (Å²) in [6.45, 7) is 3.95. The smallest absolute Gasteiger partial charge is 0 e. The van der Waals surface area contributed by atoms with E-state index >= 15 is 0 Å². The monoisotopic (exact) mass is 228 g/mol. The van der Waals surface area contributed by atoms with Crippen LogP contribution in [-0.2, 0) is 32.7 Å². The summed E-state index contributed by atoms with van der Waals surface area (Å²) in [5.74, 6) is 0. The molecule has 1 aromatic rings. The third kappa shape index (κ3) is 2.69. The van der Waals surface area contributed by atoms with E-state index in [1.54, 1.807) is 0 Å². The molecule has 0 heterocycles. The summed E-state index contributed by atoms with van der Waals surface area (Å²) in [5, 5.41) is 0.825. The van der Waals surface area contributed by atoms with E-state index < -0.39 is 0 Å². The van der Waals surface area contributed by atoms with Crippen LogP contribution in [0.1, 0.15) is 11.1 Å². The van der Waals surface area contributed by atoms with Gasteiger partial charge in [0.1, 0.15) is 0 Å². The first kappa shape index (κ1) is 10.6. The fourth-order valence-corrected chi connectivity index (χ4v) is 0.855. The summed E-state index contributed by atoms with van der Waals surface area (Å²) in [4.78, 5) is 0.